The molecule has 21 heavy (non-hydrogen) atoms. The molecule has 2 heterocycles. The molecular weight excluding hydrogens is 258 g/mol. The van der Waals surface area contributed by atoms with Crippen LogP contribution < -0.4 is 5.32 Å². The van der Waals surface area contributed by atoms with E-state index in [0.717, 1.165) is 25.2 Å². The lowest BCUT2D eigenvalue weighted by molar-refractivity contribution is 0.118. The SMILES string of the molecule is CCC1CN(Cc2cccc3cccnc23)C(CC)CN1. The van der Waals surface area contributed by atoms with Crippen LogP contribution in [0.5, 0.6) is 0 Å². The maximum atomic E-state index is 4.59. The van der Waals surface area contributed by atoms with Crippen molar-refractivity contribution in [3.63, 3.8) is 0 Å². The maximum absolute atomic E-state index is 4.59. The van der Waals surface area contributed by atoms with Crippen molar-refractivity contribution in [2.75, 3.05) is 13.1 Å². The van der Waals surface area contributed by atoms with E-state index >= 15 is 0 Å². The van der Waals surface area contributed by atoms with Gasteiger partial charge in [-0.3, -0.25) is 9.88 Å². The highest BCUT2D eigenvalue weighted by atomic mass is 15.2. The van der Waals surface area contributed by atoms with Crippen LogP contribution in [0.2, 0.25) is 0 Å². The molecule has 2 aromatic rings. The molecule has 3 heteroatoms. The van der Waals surface area contributed by atoms with Crippen LogP contribution in [0.3, 0.4) is 0 Å². The summed E-state index contributed by atoms with van der Waals surface area (Å²) >= 11 is 0. The summed E-state index contributed by atoms with van der Waals surface area (Å²) in [6.45, 7) is 7.80. The molecule has 1 saturated heterocycles. The molecular formula is C18H25N3. The fourth-order valence-corrected chi connectivity index (χ4v) is 3.31. The highest BCUT2D eigenvalue weighted by Gasteiger charge is 2.26. The molecule has 0 radical (unpaired) electrons. The number of nitrogens with one attached hydrogen (secondary N) is 1. The van der Waals surface area contributed by atoms with Gasteiger partial charge in [0.15, 0.2) is 0 Å². The Bertz CT molecular complexity index is 591. The highest BCUT2D eigenvalue weighted by Crippen LogP contribution is 2.21. The molecule has 1 aliphatic heterocycles. The third-order valence-corrected chi connectivity index (χ3v) is 4.67. The first-order chi connectivity index (χ1) is 10.3. The maximum Gasteiger partial charge on any atom is 0.0746 e. The molecule has 0 spiro atoms. The third kappa shape index (κ3) is 3.09. The molecule has 0 amide bonds. The minimum absolute atomic E-state index is 0.621. The van der Waals surface area contributed by atoms with Crippen LogP contribution >= 0.6 is 0 Å². The largest absolute Gasteiger partial charge is 0.311 e. The van der Waals surface area contributed by atoms with Crippen LogP contribution in [-0.4, -0.2) is 35.1 Å². The first-order valence-corrected chi connectivity index (χ1v) is 8.11. The standard InChI is InChI=1S/C18H25N3/c1-3-16-13-21(17(4-2)11-20-16)12-15-8-5-7-14-9-6-10-19-18(14)15/h5-10,16-17,20H,3-4,11-13H2,1-2H3. The van der Waals surface area contributed by atoms with E-state index in [9.17, 15) is 0 Å². The molecule has 1 aromatic carbocycles. The van der Waals surface area contributed by atoms with E-state index < -0.39 is 0 Å². The Morgan fingerprint density at radius 3 is 2.86 bits per heavy atom. The second-order valence-corrected chi connectivity index (χ2v) is 6.00. The first-order valence-electron chi connectivity index (χ1n) is 8.11. The Balaban J connectivity index is 1.85. The Hall–Kier alpha value is -1.45. The summed E-state index contributed by atoms with van der Waals surface area (Å²) in [5, 5.41) is 4.91. The number of para-hydroxylation sites is 1. The van der Waals surface area contributed by atoms with Gasteiger partial charge in [-0.2, -0.15) is 0 Å². The lowest BCUT2D eigenvalue weighted by Crippen LogP contribution is -2.55. The summed E-state index contributed by atoms with van der Waals surface area (Å²) in [6, 6.07) is 11.9. The Morgan fingerprint density at radius 2 is 2.05 bits per heavy atom. The molecule has 2 unspecified atom stereocenters. The zero-order valence-electron chi connectivity index (χ0n) is 13.0. The number of hydrogen-bond donors (Lipinski definition) is 1. The zero-order chi connectivity index (χ0) is 14.7. The van der Waals surface area contributed by atoms with Gasteiger partial charge in [0.2, 0.25) is 0 Å². The molecule has 2 atom stereocenters. The van der Waals surface area contributed by atoms with Crippen molar-refractivity contribution in [3.8, 4) is 0 Å². The van der Waals surface area contributed by atoms with E-state index in [0.29, 0.717) is 12.1 Å². The summed E-state index contributed by atoms with van der Waals surface area (Å²) in [5.41, 5.74) is 2.50. The number of fused-ring (bicyclic) bond motifs is 1. The number of pyridine rings is 1. The predicted molar refractivity (Wildman–Crippen MR) is 88.3 cm³/mol. The molecule has 0 aliphatic carbocycles. The molecule has 112 valence electrons. The topological polar surface area (TPSA) is 28.2 Å². The summed E-state index contributed by atoms with van der Waals surface area (Å²) < 4.78 is 0. The van der Waals surface area contributed by atoms with E-state index in [-0.39, 0.29) is 0 Å². The number of hydrogen-bond acceptors (Lipinski definition) is 3. The first kappa shape index (κ1) is 14.5. The second kappa shape index (κ2) is 6.54. The Kier molecular flexibility index (Phi) is 4.51. The van der Waals surface area contributed by atoms with Crippen LogP contribution in [0, 0.1) is 0 Å². The van der Waals surface area contributed by atoms with Gasteiger partial charge in [0, 0.05) is 43.3 Å². The summed E-state index contributed by atoms with van der Waals surface area (Å²) in [6.07, 6.45) is 4.29. The Labute approximate surface area is 127 Å². The number of aromatic nitrogens is 1. The monoisotopic (exact) mass is 283 g/mol. The van der Waals surface area contributed by atoms with E-state index in [4.69, 9.17) is 0 Å². The normalized spacial score (nSPS) is 23.5. The second-order valence-electron chi connectivity index (χ2n) is 6.00. The smallest absolute Gasteiger partial charge is 0.0746 e. The van der Waals surface area contributed by atoms with Crippen LogP contribution in [0.1, 0.15) is 32.3 Å². The summed E-state index contributed by atoms with van der Waals surface area (Å²) in [4.78, 5) is 7.23. The van der Waals surface area contributed by atoms with Gasteiger partial charge in [0.1, 0.15) is 0 Å². The number of nitrogens with zero attached hydrogens (tertiary/aromatic N) is 2. The zero-order valence-corrected chi connectivity index (χ0v) is 13.0. The highest BCUT2D eigenvalue weighted by molar-refractivity contribution is 5.81. The minimum atomic E-state index is 0.621. The van der Waals surface area contributed by atoms with Crippen LogP contribution in [0.4, 0.5) is 0 Å². The van der Waals surface area contributed by atoms with E-state index in [1.54, 1.807) is 0 Å². The summed E-state index contributed by atoms with van der Waals surface area (Å²) in [7, 11) is 0. The molecule has 1 N–H and O–H groups in total. The van der Waals surface area contributed by atoms with Crippen LogP contribution in [-0.2, 0) is 6.54 Å². The van der Waals surface area contributed by atoms with Crippen molar-refractivity contribution in [1.29, 1.82) is 0 Å². The van der Waals surface area contributed by atoms with Crippen molar-refractivity contribution in [3.05, 3.63) is 42.1 Å². The van der Waals surface area contributed by atoms with Gasteiger partial charge in [-0.1, -0.05) is 38.1 Å². The molecule has 1 aliphatic rings. The van der Waals surface area contributed by atoms with Gasteiger partial charge >= 0.3 is 0 Å². The molecule has 0 bridgehead atoms. The number of benzene rings is 1. The average molecular weight is 283 g/mol. The third-order valence-electron chi connectivity index (χ3n) is 4.67. The number of rotatable bonds is 4. The summed E-state index contributed by atoms with van der Waals surface area (Å²) in [5.74, 6) is 0. The molecule has 1 aromatic heterocycles. The molecule has 3 nitrogen and oxygen atoms in total. The van der Waals surface area contributed by atoms with E-state index in [1.165, 1.54) is 23.8 Å². The van der Waals surface area contributed by atoms with Crippen molar-refractivity contribution in [2.45, 2.75) is 45.3 Å². The molecule has 3 rings (SSSR count). The van der Waals surface area contributed by atoms with Gasteiger partial charge < -0.3 is 5.32 Å². The van der Waals surface area contributed by atoms with Crippen molar-refractivity contribution < 1.29 is 0 Å². The van der Waals surface area contributed by atoms with Crippen molar-refractivity contribution >= 4 is 10.9 Å². The van der Waals surface area contributed by atoms with Gasteiger partial charge in [-0.05, 0) is 24.5 Å². The fraction of sp³-hybridized carbons (Fsp3) is 0.500. The van der Waals surface area contributed by atoms with Gasteiger partial charge in [0.05, 0.1) is 5.52 Å². The van der Waals surface area contributed by atoms with Gasteiger partial charge in [-0.15, -0.1) is 0 Å². The quantitative estimate of drug-likeness (QED) is 0.934. The van der Waals surface area contributed by atoms with Gasteiger partial charge in [-0.25, -0.2) is 0 Å². The van der Waals surface area contributed by atoms with Crippen LogP contribution in [0.15, 0.2) is 36.5 Å². The van der Waals surface area contributed by atoms with Crippen molar-refractivity contribution in [2.24, 2.45) is 0 Å². The lowest BCUT2D eigenvalue weighted by Gasteiger charge is -2.40. The number of piperazine rings is 1. The predicted octanol–water partition coefficient (Wildman–Crippen LogP) is 3.20. The van der Waals surface area contributed by atoms with Crippen molar-refractivity contribution in [1.82, 2.24) is 15.2 Å². The fourth-order valence-electron chi connectivity index (χ4n) is 3.31. The molecule has 0 saturated carbocycles. The van der Waals surface area contributed by atoms with E-state index in [2.05, 4.69) is 53.3 Å². The molecule has 1 fully saturated rings. The van der Waals surface area contributed by atoms with Gasteiger partial charge in [0.25, 0.3) is 0 Å². The van der Waals surface area contributed by atoms with Crippen LogP contribution in [0.25, 0.3) is 10.9 Å². The lowest BCUT2D eigenvalue weighted by atomic mass is 10.0. The van der Waals surface area contributed by atoms with E-state index in [1.807, 2.05) is 12.3 Å². The average Bonchev–Trinajstić information content (AvgIpc) is 2.55. The Morgan fingerprint density at radius 1 is 1.19 bits per heavy atom. The minimum Gasteiger partial charge on any atom is -0.311 e.